The minimum Gasteiger partial charge on any atom is -0.381 e. The summed E-state index contributed by atoms with van der Waals surface area (Å²) < 4.78 is 5.51. The van der Waals surface area contributed by atoms with E-state index < -0.39 is 0 Å². The van der Waals surface area contributed by atoms with Gasteiger partial charge in [-0.15, -0.1) is 0 Å². The van der Waals surface area contributed by atoms with E-state index in [1.54, 1.807) is 0 Å². The first-order valence-electron chi connectivity index (χ1n) is 6.97. The first-order valence-corrected chi connectivity index (χ1v) is 6.97. The van der Waals surface area contributed by atoms with Gasteiger partial charge in [0.05, 0.1) is 6.61 Å². The molecule has 0 aromatic heterocycles. The van der Waals surface area contributed by atoms with E-state index in [1.807, 2.05) is 0 Å². The van der Waals surface area contributed by atoms with Gasteiger partial charge in [-0.05, 0) is 38.6 Å². The van der Waals surface area contributed by atoms with Gasteiger partial charge >= 0.3 is 0 Å². The van der Waals surface area contributed by atoms with Crippen LogP contribution in [0, 0.1) is 11.3 Å². The Hall–Kier alpha value is -0.410. The number of ether oxygens (including phenoxy) is 1. The second-order valence-electron chi connectivity index (χ2n) is 5.97. The molecule has 1 aliphatic carbocycles. The van der Waals surface area contributed by atoms with Gasteiger partial charge in [0.2, 0.25) is 0 Å². The third kappa shape index (κ3) is 3.52. The molecule has 1 unspecified atom stereocenters. The largest absolute Gasteiger partial charge is 0.381 e. The van der Waals surface area contributed by atoms with Crippen LogP contribution in [-0.4, -0.2) is 44.5 Å². The zero-order valence-corrected chi connectivity index (χ0v) is 11.0. The van der Waals surface area contributed by atoms with Crippen LogP contribution in [0.4, 0.5) is 0 Å². The maximum absolute atomic E-state index is 11.3. The number of nitrogens with zero attached hydrogens (tertiary/aromatic N) is 1. The highest BCUT2D eigenvalue weighted by molar-refractivity contribution is 5.60. The lowest BCUT2D eigenvalue weighted by atomic mass is 9.87. The molecular weight excluding hydrogens is 214 g/mol. The molecule has 2 fully saturated rings. The molecule has 0 N–H and O–H groups in total. The van der Waals surface area contributed by atoms with Crippen LogP contribution in [0.15, 0.2) is 0 Å². The van der Waals surface area contributed by atoms with Gasteiger partial charge in [-0.3, -0.25) is 0 Å². The minimum atomic E-state index is -0.0374. The summed E-state index contributed by atoms with van der Waals surface area (Å²) in [5.74, 6) is 0.666. The van der Waals surface area contributed by atoms with Crippen LogP contribution < -0.4 is 0 Å². The molecular formula is C14H25NO2. The van der Waals surface area contributed by atoms with Gasteiger partial charge in [-0.2, -0.15) is 0 Å². The highest BCUT2D eigenvalue weighted by Crippen LogP contribution is 2.36. The van der Waals surface area contributed by atoms with E-state index in [4.69, 9.17) is 4.74 Å². The summed E-state index contributed by atoms with van der Waals surface area (Å²) in [6.07, 6.45) is 8.30. The van der Waals surface area contributed by atoms with Crippen LogP contribution in [0.2, 0.25) is 0 Å². The fourth-order valence-electron chi connectivity index (χ4n) is 3.39. The van der Waals surface area contributed by atoms with Crippen LogP contribution >= 0.6 is 0 Å². The SMILES string of the molecule is CN(CC1CCCOC1)CC1(C=O)CCCC1. The Morgan fingerprint density at radius 3 is 2.71 bits per heavy atom. The third-order valence-corrected chi connectivity index (χ3v) is 4.26. The van der Waals surface area contributed by atoms with Crippen molar-refractivity contribution in [1.82, 2.24) is 4.90 Å². The second kappa shape index (κ2) is 5.96. The van der Waals surface area contributed by atoms with E-state index in [9.17, 15) is 4.79 Å². The molecule has 3 nitrogen and oxygen atoms in total. The molecule has 0 aromatic carbocycles. The lowest BCUT2D eigenvalue weighted by Gasteiger charge is -2.32. The fraction of sp³-hybridized carbons (Fsp3) is 0.929. The van der Waals surface area contributed by atoms with E-state index in [1.165, 1.54) is 32.0 Å². The molecule has 1 heterocycles. The molecule has 1 aliphatic heterocycles. The molecule has 98 valence electrons. The average molecular weight is 239 g/mol. The van der Waals surface area contributed by atoms with E-state index in [2.05, 4.69) is 11.9 Å². The average Bonchev–Trinajstić information content (AvgIpc) is 2.79. The molecule has 0 bridgehead atoms. The zero-order chi connectivity index (χ0) is 12.1. The third-order valence-electron chi connectivity index (χ3n) is 4.26. The van der Waals surface area contributed by atoms with Gasteiger partial charge in [-0.25, -0.2) is 0 Å². The standard InChI is InChI=1S/C14H25NO2/c1-15(9-13-5-4-8-17-10-13)11-14(12-16)6-2-3-7-14/h12-13H,2-11H2,1H3. The first-order chi connectivity index (χ1) is 8.24. The summed E-state index contributed by atoms with van der Waals surface area (Å²) in [5.41, 5.74) is -0.0374. The molecule has 17 heavy (non-hydrogen) atoms. The van der Waals surface area contributed by atoms with Crippen molar-refractivity contribution in [2.75, 3.05) is 33.4 Å². The molecule has 1 atom stereocenters. The van der Waals surface area contributed by atoms with Crippen molar-refractivity contribution in [3.8, 4) is 0 Å². The quantitative estimate of drug-likeness (QED) is 0.688. The number of hydrogen-bond acceptors (Lipinski definition) is 3. The Bertz CT molecular complexity index is 243. The van der Waals surface area contributed by atoms with Crippen LogP contribution in [0.1, 0.15) is 38.5 Å². The lowest BCUT2D eigenvalue weighted by molar-refractivity contribution is -0.117. The molecule has 3 heteroatoms. The molecule has 0 radical (unpaired) electrons. The van der Waals surface area contributed by atoms with E-state index in [0.29, 0.717) is 5.92 Å². The number of hydrogen-bond donors (Lipinski definition) is 0. The maximum Gasteiger partial charge on any atom is 0.127 e. The number of carbonyl (C=O) groups excluding carboxylic acids is 1. The summed E-state index contributed by atoms with van der Waals surface area (Å²) in [4.78, 5) is 13.7. The van der Waals surface area contributed by atoms with Crippen LogP contribution in [-0.2, 0) is 9.53 Å². The van der Waals surface area contributed by atoms with E-state index in [0.717, 1.165) is 39.1 Å². The summed E-state index contributed by atoms with van der Waals surface area (Å²) >= 11 is 0. The van der Waals surface area contributed by atoms with Gasteiger partial charge in [-0.1, -0.05) is 12.8 Å². The minimum absolute atomic E-state index is 0.0374. The van der Waals surface area contributed by atoms with Crippen molar-refractivity contribution >= 4 is 6.29 Å². The summed E-state index contributed by atoms with van der Waals surface area (Å²) in [7, 11) is 2.15. The highest BCUT2D eigenvalue weighted by atomic mass is 16.5. The van der Waals surface area contributed by atoms with Gasteiger partial charge < -0.3 is 14.4 Å². The van der Waals surface area contributed by atoms with Crippen molar-refractivity contribution in [2.45, 2.75) is 38.5 Å². The predicted molar refractivity (Wildman–Crippen MR) is 68.0 cm³/mol. The molecule has 1 saturated heterocycles. The Labute approximate surface area is 105 Å². The number of aldehydes is 1. The van der Waals surface area contributed by atoms with Crippen LogP contribution in [0.25, 0.3) is 0 Å². The fourth-order valence-corrected chi connectivity index (χ4v) is 3.39. The smallest absolute Gasteiger partial charge is 0.127 e. The van der Waals surface area contributed by atoms with Crippen molar-refractivity contribution in [2.24, 2.45) is 11.3 Å². The Kier molecular flexibility index (Phi) is 4.57. The Balaban J connectivity index is 1.79. The molecule has 0 spiro atoms. The normalized spacial score (nSPS) is 28.5. The topological polar surface area (TPSA) is 29.5 Å². The molecule has 2 aliphatic rings. The predicted octanol–water partition coefficient (Wildman–Crippen LogP) is 2.10. The number of carbonyl (C=O) groups is 1. The van der Waals surface area contributed by atoms with Crippen LogP contribution in [0.3, 0.4) is 0 Å². The van der Waals surface area contributed by atoms with Crippen molar-refractivity contribution in [3.63, 3.8) is 0 Å². The second-order valence-corrected chi connectivity index (χ2v) is 5.97. The molecule has 1 saturated carbocycles. The highest BCUT2D eigenvalue weighted by Gasteiger charge is 2.34. The molecule has 2 rings (SSSR count). The Morgan fingerprint density at radius 1 is 1.35 bits per heavy atom. The zero-order valence-electron chi connectivity index (χ0n) is 11.0. The maximum atomic E-state index is 11.3. The van der Waals surface area contributed by atoms with E-state index >= 15 is 0 Å². The van der Waals surface area contributed by atoms with Gasteiger partial charge in [0.1, 0.15) is 6.29 Å². The Morgan fingerprint density at radius 2 is 2.12 bits per heavy atom. The summed E-state index contributed by atoms with van der Waals surface area (Å²) in [6.45, 7) is 3.85. The summed E-state index contributed by atoms with van der Waals surface area (Å²) in [5, 5.41) is 0. The van der Waals surface area contributed by atoms with Gasteiger partial charge in [0.15, 0.2) is 0 Å². The lowest BCUT2D eigenvalue weighted by Crippen LogP contribution is -2.39. The molecule has 0 aromatic rings. The van der Waals surface area contributed by atoms with Gasteiger partial charge in [0, 0.05) is 25.1 Å². The monoisotopic (exact) mass is 239 g/mol. The molecule has 0 amide bonds. The van der Waals surface area contributed by atoms with Gasteiger partial charge in [0.25, 0.3) is 0 Å². The first kappa shape index (κ1) is 13.0. The van der Waals surface area contributed by atoms with Crippen molar-refractivity contribution < 1.29 is 9.53 Å². The van der Waals surface area contributed by atoms with Crippen LogP contribution in [0.5, 0.6) is 0 Å². The summed E-state index contributed by atoms with van der Waals surface area (Å²) in [6, 6.07) is 0. The van der Waals surface area contributed by atoms with Crippen molar-refractivity contribution in [1.29, 1.82) is 0 Å². The van der Waals surface area contributed by atoms with E-state index in [-0.39, 0.29) is 5.41 Å². The van der Waals surface area contributed by atoms with Crippen molar-refractivity contribution in [3.05, 3.63) is 0 Å². The number of rotatable bonds is 5.